The van der Waals surface area contributed by atoms with Crippen LogP contribution in [0.15, 0.2) is 12.1 Å². The topological polar surface area (TPSA) is 50.4 Å². The van der Waals surface area contributed by atoms with Crippen LogP contribution < -0.4 is 10.6 Å². The number of likely N-dealkylation sites (N-methyl/N-ethyl adjacent to an activating group) is 1. The Balaban J connectivity index is 2.12. The lowest BCUT2D eigenvalue weighted by atomic mass is 10.0. The highest BCUT2D eigenvalue weighted by Crippen LogP contribution is 2.24. The summed E-state index contributed by atoms with van der Waals surface area (Å²) in [6, 6.07) is 4.30. The Labute approximate surface area is 120 Å². The van der Waals surface area contributed by atoms with E-state index in [0.717, 1.165) is 23.4 Å². The highest BCUT2D eigenvalue weighted by Gasteiger charge is 2.33. The summed E-state index contributed by atoms with van der Waals surface area (Å²) >= 11 is 0. The molecule has 0 bridgehead atoms. The summed E-state index contributed by atoms with van der Waals surface area (Å²) in [5, 5.41) is 6.39. The van der Waals surface area contributed by atoms with Crippen LogP contribution in [0, 0.1) is 26.7 Å². The number of hydrogen-bond donors (Lipinski definition) is 2. The maximum atomic E-state index is 12.5. The number of nitrogens with one attached hydrogen (secondary N) is 2. The first-order valence-electron chi connectivity index (χ1n) is 7.22. The molecular weight excluding hydrogens is 252 g/mol. The van der Waals surface area contributed by atoms with E-state index >= 15 is 0 Å². The molecule has 1 saturated heterocycles. The molecule has 2 atom stereocenters. The lowest BCUT2D eigenvalue weighted by Gasteiger charge is -2.19. The summed E-state index contributed by atoms with van der Waals surface area (Å²) in [6.45, 7) is 10.1. The van der Waals surface area contributed by atoms with E-state index in [1.54, 1.807) is 0 Å². The van der Waals surface area contributed by atoms with Crippen LogP contribution in [0.2, 0.25) is 0 Å². The number of amides is 1. The van der Waals surface area contributed by atoms with Gasteiger partial charge in [0.25, 0.3) is 0 Å². The van der Waals surface area contributed by atoms with Crippen LogP contribution in [-0.2, 0) is 9.53 Å². The minimum Gasteiger partial charge on any atom is -0.379 e. The second kappa shape index (κ2) is 6.37. The number of hydrogen-bond acceptors (Lipinski definition) is 3. The van der Waals surface area contributed by atoms with Gasteiger partial charge in [-0.2, -0.15) is 0 Å². The number of carbonyl (C=O) groups excluding carboxylic acids is 1. The molecule has 1 aliphatic rings. The number of anilines is 1. The number of benzene rings is 1. The van der Waals surface area contributed by atoms with Crippen LogP contribution in [-0.4, -0.2) is 31.7 Å². The maximum absolute atomic E-state index is 12.5. The molecule has 1 amide bonds. The van der Waals surface area contributed by atoms with Gasteiger partial charge in [-0.25, -0.2) is 0 Å². The zero-order chi connectivity index (χ0) is 14.7. The highest BCUT2D eigenvalue weighted by molar-refractivity contribution is 5.94. The van der Waals surface area contributed by atoms with Gasteiger partial charge in [0, 0.05) is 11.7 Å². The monoisotopic (exact) mass is 276 g/mol. The normalized spacial score (nSPS) is 22.0. The molecule has 20 heavy (non-hydrogen) atoms. The Morgan fingerprint density at radius 3 is 2.50 bits per heavy atom. The summed E-state index contributed by atoms with van der Waals surface area (Å²) in [6.07, 6.45) is 0. The molecule has 2 N–H and O–H groups in total. The van der Waals surface area contributed by atoms with E-state index in [-0.39, 0.29) is 17.9 Å². The zero-order valence-corrected chi connectivity index (χ0v) is 12.7. The van der Waals surface area contributed by atoms with Gasteiger partial charge in [-0.3, -0.25) is 4.79 Å². The molecule has 4 nitrogen and oxygen atoms in total. The van der Waals surface area contributed by atoms with E-state index in [1.807, 2.05) is 20.8 Å². The second-order valence-corrected chi connectivity index (χ2v) is 5.57. The quantitative estimate of drug-likeness (QED) is 0.886. The lowest BCUT2D eigenvalue weighted by molar-refractivity contribution is -0.120. The van der Waals surface area contributed by atoms with Crippen LogP contribution in [0.1, 0.15) is 23.6 Å². The van der Waals surface area contributed by atoms with E-state index < -0.39 is 0 Å². The molecule has 0 aromatic heterocycles. The maximum Gasteiger partial charge on any atom is 0.231 e. The number of carbonyl (C=O) groups is 1. The van der Waals surface area contributed by atoms with Gasteiger partial charge in [0.05, 0.1) is 19.1 Å². The predicted octanol–water partition coefficient (Wildman–Crippen LogP) is 2.17. The largest absolute Gasteiger partial charge is 0.379 e. The van der Waals surface area contributed by atoms with E-state index in [0.29, 0.717) is 13.2 Å². The lowest BCUT2D eigenvalue weighted by Crippen LogP contribution is -2.41. The summed E-state index contributed by atoms with van der Waals surface area (Å²) in [5.41, 5.74) is 4.36. The molecule has 2 rings (SSSR count). The minimum absolute atomic E-state index is 0.0449. The van der Waals surface area contributed by atoms with Gasteiger partial charge in [-0.1, -0.05) is 24.6 Å². The van der Waals surface area contributed by atoms with Crippen molar-refractivity contribution in [3.05, 3.63) is 28.8 Å². The molecule has 0 spiro atoms. The van der Waals surface area contributed by atoms with Crippen LogP contribution in [0.3, 0.4) is 0 Å². The summed E-state index contributed by atoms with van der Waals surface area (Å²) in [5.74, 6) is -0.0708. The van der Waals surface area contributed by atoms with E-state index in [9.17, 15) is 4.79 Å². The Morgan fingerprint density at radius 1 is 1.25 bits per heavy atom. The Hall–Kier alpha value is -1.39. The summed E-state index contributed by atoms with van der Waals surface area (Å²) in [7, 11) is 0. The molecule has 1 aromatic rings. The van der Waals surface area contributed by atoms with Crippen molar-refractivity contribution in [3.63, 3.8) is 0 Å². The average molecular weight is 276 g/mol. The fourth-order valence-corrected chi connectivity index (χ4v) is 2.87. The van der Waals surface area contributed by atoms with Crippen molar-refractivity contribution in [1.29, 1.82) is 0 Å². The smallest absolute Gasteiger partial charge is 0.231 e. The summed E-state index contributed by atoms with van der Waals surface area (Å²) in [4.78, 5) is 12.5. The average Bonchev–Trinajstić information content (AvgIpc) is 2.82. The van der Waals surface area contributed by atoms with Crippen molar-refractivity contribution in [2.75, 3.05) is 25.1 Å². The van der Waals surface area contributed by atoms with Crippen LogP contribution in [0.4, 0.5) is 5.69 Å². The van der Waals surface area contributed by atoms with E-state index in [1.165, 1.54) is 5.56 Å². The molecule has 1 aromatic carbocycles. The molecule has 1 fully saturated rings. The third kappa shape index (κ3) is 3.19. The number of aryl methyl sites for hydroxylation is 3. The molecule has 0 saturated carbocycles. The van der Waals surface area contributed by atoms with Gasteiger partial charge in [0.2, 0.25) is 5.91 Å². The van der Waals surface area contributed by atoms with Crippen molar-refractivity contribution in [3.8, 4) is 0 Å². The third-order valence-corrected chi connectivity index (χ3v) is 3.81. The molecular formula is C16H24N2O2. The van der Waals surface area contributed by atoms with Gasteiger partial charge in [-0.05, 0) is 38.4 Å². The van der Waals surface area contributed by atoms with Crippen molar-refractivity contribution < 1.29 is 9.53 Å². The van der Waals surface area contributed by atoms with Crippen molar-refractivity contribution in [2.24, 2.45) is 5.92 Å². The van der Waals surface area contributed by atoms with Crippen LogP contribution >= 0.6 is 0 Å². The minimum atomic E-state index is -0.116. The highest BCUT2D eigenvalue weighted by atomic mass is 16.5. The van der Waals surface area contributed by atoms with Crippen LogP contribution in [0.25, 0.3) is 0 Å². The third-order valence-electron chi connectivity index (χ3n) is 3.81. The first-order chi connectivity index (χ1) is 9.52. The molecule has 4 heteroatoms. The molecule has 110 valence electrons. The molecule has 1 aliphatic heterocycles. The Kier molecular flexibility index (Phi) is 4.78. The van der Waals surface area contributed by atoms with Gasteiger partial charge >= 0.3 is 0 Å². The standard InChI is InChI=1S/C16H24N2O2/c1-5-17-14-9-20-8-13(14)16(19)18-15-11(3)6-10(2)7-12(15)4/h6-7,13-14,17H,5,8-9H2,1-4H3,(H,18,19). The van der Waals surface area contributed by atoms with Gasteiger partial charge in [0.15, 0.2) is 0 Å². The SMILES string of the molecule is CCNC1COCC1C(=O)Nc1c(C)cc(C)cc1C. The molecule has 0 radical (unpaired) electrons. The first kappa shape index (κ1) is 15.0. The van der Waals surface area contributed by atoms with Gasteiger partial charge in [0.1, 0.15) is 0 Å². The van der Waals surface area contributed by atoms with E-state index in [4.69, 9.17) is 4.74 Å². The Bertz CT molecular complexity index is 476. The second-order valence-electron chi connectivity index (χ2n) is 5.57. The fraction of sp³-hybridized carbons (Fsp3) is 0.562. The fourth-order valence-electron chi connectivity index (χ4n) is 2.87. The first-order valence-corrected chi connectivity index (χ1v) is 7.22. The number of rotatable bonds is 4. The van der Waals surface area contributed by atoms with Gasteiger partial charge in [-0.15, -0.1) is 0 Å². The van der Waals surface area contributed by atoms with Crippen molar-refractivity contribution in [1.82, 2.24) is 5.32 Å². The molecule has 0 aliphatic carbocycles. The van der Waals surface area contributed by atoms with E-state index in [2.05, 4.69) is 29.7 Å². The zero-order valence-electron chi connectivity index (χ0n) is 12.7. The van der Waals surface area contributed by atoms with Gasteiger partial charge < -0.3 is 15.4 Å². The molecule has 1 heterocycles. The predicted molar refractivity (Wildman–Crippen MR) is 81.1 cm³/mol. The van der Waals surface area contributed by atoms with Crippen molar-refractivity contribution in [2.45, 2.75) is 33.7 Å². The Morgan fingerprint density at radius 2 is 1.90 bits per heavy atom. The van der Waals surface area contributed by atoms with Crippen LogP contribution in [0.5, 0.6) is 0 Å². The summed E-state index contributed by atoms with van der Waals surface area (Å²) < 4.78 is 5.44. The number of ether oxygens (including phenoxy) is 1. The molecule has 2 unspecified atom stereocenters. The van der Waals surface area contributed by atoms with Crippen molar-refractivity contribution >= 4 is 11.6 Å².